The van der Waals surface area contributed by atoms with Crippen molar-refractivity contribution in [2.75, 3.05) is 17.1 Å². The number of nitrogens with one attached hydrogen (secondary N) is 1. The lowest BCUT2D eigenvalue weighted by molar-refractivity contribution is -0.139. The average Bonchev–Trinajstić information content (AvgIpc) is 2.76. The van der Waals surface area contributed by atoms with E-state index in [0.717, 1.165) is 10.6 Å². The summed E-state index contributed by atoms with van der Waals surface area (Å²) in [6, 6.07) is 11.3. The van der Waals surface area contributed by atoms with E-state index in [0.29, 0.717) is 22.1 Å². The molecule has 2 atom stereocenters. The molecule has 0 fully saturated rings. The topological polar surface area (TPSA) is 86.8 Å². The molecule has 0 unspecified atom stereocenters. The number of carbonyl (C=O) groups excluding carboxylic acids is 2. The zero-order valence-corrected chi connectivity index (χ0v) is 21.5. The fourth-order valence-corrected chi connectivity index (χ4v) is 4.56. The van der Waals surface area contributed by atoms with Gasteiger partial charge in [-0.1, -0.05) is 31.2 Å². The van der Waals surface area contributed by atoms with Gasteiger partial charge in [-0.2, -0.15) is 0 Å². The van der Waals surface area contributed by atoms with Crippen LogP contribution < -0.4 is 9.62 Å². The molecule has 1 N–H and O–H groups in total. The van der Waals surface area contributed by atoms with E-state index in [1.165, 1.54) is 29.2 Å². The number of sulfonamides is 1. The van der Waals surface area contributed by atoms with Gasteiger partial charge in [0.15, 0.2) is 0 Å². The maximum atomic E-state index is 13.4. The van der Waals surface area contributed by atoms with Crippen LogP contribution in [0.1, 0.15) is 32.8 Å². The third kappa shape index (κ3) is 7.53. The molecule has 33 heavy (non-hydrogen) atoms. The van der Waals surface area contributed by atoms with E-state index in [9.17, 15) is 22.4 Å². The Morgan fingerprint density at radius 1 is 1.09 bits per heavy atom. The van der Waals surface area contributed by atoms with Crippen molar-refractivity contribution >= 4 is 43.5 Å². The molecule has 10 heteroatoms. The maximum Gasteiger partial charge on any atom is 0.244 e. The fraction of sp³-hybridized carbons (Fsp3) is 0.391. The summed E-state index contributed by atoms with van der Waals surface area (Å²) in [5.41, 5.74) is 0.923. The van der Waals surface area contributed by atoms with Gasteiger partial charge in [-0.3, -0.25) is 13.9 Å². The summed E-state index contributed by atoms with van der Waals surface area (Å²) >= 11 is 3.33. The van der Waals surface area contributed by atoms with Gasteiger partial charge in [0.1, 0.15) is 18.4 Å². The summed E-state index contributed by atoms with van der Waals surface area (Å²) in [4.78, 5) is 27.5. The van der Waals surface area contributed by atoms with Gasteiger partial charge in [-0.05, 0) is 66.0 Å². The molecular weight excluding hydrogens is 513 g/mol. The molecule has 0 bridgehead atoms. The lowest BCUT2D eigenvalue weighted by Crippen LogP contribution is -2.52. The Balaban J connectivity index is 2.39. The number of hydrogen-bond acceptors (Lipinski definition) is 4. The molecule has 0 saturated heterocycles. The van der Waals surface area contributed by atoms with Gasteiger partial charge in [-0.25, -0.2) is 12.8 Å². The van der Waals surface area contributed by atoms with Crippen LogP contribution in [0.15, 0.2) is 53.0 Å². The minimum Gasteiger partial charge on any atom is -0.352 e. The third-order valence-electron chi connectivity index (χ3n) is 5.23. The fourth-order valence-electron chi connectivity index (χ4n) is 3.08. The van der Waals surface area contributed by atoms with E-state index in [4.69, 9.17) is 0 Å². The standard InChI is InChI=1S/C23H29BrFN3O4S/c1-5-16(2)26-23(30)17(3)27(14-18-10-12-19(25)13-11-18)22(29)15-28(33(4,31)32)21-9-7-6-8-20(21)24/h6-13,16-17H,5,14-15H2,1-4H3,(H,26,30)/t16-,17+/m1/s1. The van der Waals surface area contributed by atoms with Crippen LogP contribution in [0, 0.1) is 5.82 Å². The van der Waals surface area contributed by atoms with Crippen LogP contribution in [0.4, 0.5) is 10.1 Å². The highest BCUT2D eigenvalue weighted by Crippen LogP contribution is 2.28. The number of para-hydroxylation sites is 1. The first-order chi connectivity index (χ1) is 15.4. The molecule has 0 aliphatic carbocycles. The Kier molecular flexibility index (Phi) is 9.42. The van der Waals surface area contributed by atoms with Crippen LogP contribution in [0.3, 0.4) is 0 Å². The van der Waals surface area contributed by atoms with Gasteiger partial charge in [0.2, 0.25) is 21.8 Å². The van der Waals surface area contributed by atoms with E-state index in [-0.39, 0.29) is 18.5 Å². The molecule has 0 aromatic heterocycles. The Hall–Kier alpha value is -2.46. The number of amides is 2. The molecule has 0 aliphatic heterocycles. The summed E-state index contributed by atoms with van der Waals surface area (Å²) in [5, 5.41) is 2.85. The van der Waals surface area contributed by atoms with Crippen molar-refractivity contribution in [1.82, 2.24) is 10.2 Å². The molecule has 0 saturated carbocycles. The summed E-state index contributed by atoms with van der Waals surface area (Å²) in [6.07, 6.45) is 1.73. The Morgan fingerprint density at radius 2 is 1.70 bits per heavy atom. The van der Waals surface area contributed by atoms with Gasteiger partial charge in [0.05, 0.1) is 11.9 Å². The number of carbonyl (C=O) groups is 2. The predicted molar refractivity (Wildman–Crippen MR) is 131 cm³/mol. The molecular formula is C23H29BrFN3O4S. The summed E-state index contributed by atoms with van der Waals surface area (Å²) in [6.45, 7) is 4.89. The van der Waals surface area contributed by atoms with E-state index in [1.807, 2.05) is 13.8 Å². The molecule has 0 radical (unpaired) electrons. The minimum atomic E-state index is -3.81. The first-order valence-corrected chi connectivity index (χ1v) is 13.1. The highest BCUT2D eigenvalue weighted by molar-refractivity contribution is 9.10. The largest absolute Gasteiger partial charge is 0.352 e. The van der Waals surface area contributed by atoms with E-state index < -0.39 is 34.3 Å². The van der Waals surface area contributed by atoms with Gasteiger partial charge in [0.25, 0.3) is 0 Å². The van der Waals surface area contributed by atoms with Crippen molar-refractivity contribution in [3.63, 3.8) is 0 Å². The van der Waals surface area contributed by atoms with Crippen LogP contribution in [-0.2, 0) is 26.2 Å². The second kappa shape index (κ2) is 11.6. The van der Waals surface area contributed by atoms with E-state index in [1.54, 1.807) is 31.2 Å². The zero-order valence-electron chi connectivity index (χ0n) is 19.1. The van der Waals surface area contributed by atoms with Crippen molar-refractivity contribution < 1.29 is 22.4 Å². The molecule has 0 spiro atoms. The van der Waals surface area contributed by atoms with Gasteiger partial charge < -0.3 is 10.2 Å². The number of nitrogens with zero attached hydrogens (tertiary/aromatic N) is 2. The highest BCUT2D eigenvalue weighted by atomic mass is 79.9. The van der Waals surface area contributed by atoms with Crippen molar-refractivity contribution in [3.8, 4) is 0 Å². The Labute approximate surface area is 203 Å². The second-order valence-corrected chi connectivity index (χ2v) is 10.6. The average molecular weight is 542 g/mol. The van der Waals surface area contributed by atoms with Gasteiger partial charge >= 0.3 is 0 Å². The van der Waals surface area contributed by atoms with E-state index >= 15 is 0 Å². The van der Waals surface area contributed by atoms with Crippen molar-refractivity contribution in [2.24, 2.45) is 0 Å². The molecule has 0 heterocycles. The molecule has 0 aliphatic rings. The summed E-state index contributed by atoms with van der Waals surface area (Å²) < 4.78 is 39.9. The van der Waals surface area contributed by atoms with Crippen molar-refractivity contribution in [2.45, 2.75) is 45.8 Å². The number of anilines is 1. The van der Waals surface area contributed by atoms with Gasteiger partial charge in [-0.15, -0.1) is 0 Å². The quantitative estimate of drug-likeness (QED) is 0.497. The summed E-state index contributed by atoms with van der Waals surface area (Å²) in [7, 11) is -3.81. The monoisotopic (exact) mass is 541 g/mol. The lowest BCUT2D eigenvalue weighted by Gasteiger charge is -2.32. The summed E-state index contributed by atoms with van der Waals surface area (Å²) in [5.74, 6) is -1.34. The molecule has 7 nitrogen and oxygen atoms in total. The maximum absolute atomic E-state index is 13.4. The first-order valence-electron chi connectivity index (χ1n) is 10.5. The number of hydrogen-bond donors (Lipinski definition) is 1. The molecule has 2 rings (SSSR count). The normalized spacial score (nSPS) is 13.2. The SMILES string of the molecule is CC[C@@H](C)NC(=O)[C@H](C)N(Cc1ccc(F)cc1)C(=O)CN(c1ccccc1Br)S(C)(=O)=O. The molecule has 2 aromatic carbocycles. The van der Waals surface area contributed by atoms with Crippen LogP contribution >= 0.6 is 15.9 Å². The lowest BCUT2D eigenvalue weighted by atomic mass is 10.1. The smallest absolute Gasteiger partial charge is 0.244 e. The highest BCUT2D eigenvalue weighted by Gasteiger charge is 2.31. The number of benzene rings is 2. The number of halogens is 2. The van der Waals surface area contributed by atoms with Crippen LogP contribution in [0.25, 0.3) is 0 Å². The van der Waals surface area contributed by atoms with E-state index in [2.05, 4.69) is 21.2 Å². The molecule has 2 amide bonds. The van der Waals surface area contributed by atoms with Crippen molar-refractivity contribution in [1.29, 1.82) is 0 Å². The third-order valence-corrected chi connectivity index (χ3v) is 7.03. The predicted octanol–water partition coefficient (Wildman–Crippen LogP) is 3.69. The van der Waals surface area contributed by atoms with Crippen LogP contribution in [0.5, 0.6) is 0 Å². The minimum absolute atomic E-state index is 0.0156. The second-order valence-electron chi connectivity index (χ2n) is 7.86. The molecule has 2 aromatic rings. The number of rotatable bonds is 10. The Morgan fingerprint density at radius 3 is 2.24 bits per heavy atom. The molecule has 180 valence electrons. The Bertz CT molecular complexity index is 1080. The first kappa shape index (κ1) is 26.8. The van der Waals surface area contributed by atoms with Crippen LogP contribution in [-0.4, -0.2) is 50.0 Å². The zero-order chi connectivity index (χ0) is 24.8. The van der Waals surface area contributed by atoms with Crippen LogP contribution in [0.2, 0.25) is 0 Å². The van der Waals surface area contributed by atoms with Gasteiger partial charge in [0, 0.05) is 17.1 Å². The van der Waals surface area contributed by atoms with Crippen molar-refractivity contribution in [3.05, 3.63) is 64.4 Å².